The number of carbonyl (C=O) groups excluding carboxylic acids is 2. The summed E-state index contributed by atoms with van der Waals surface area (Å²) >= 11 is 0. The molecule has 2 amide bonds. The second-order valence-corrected chi connectivity index (χ2v) is 11.9. The summed E-state index contributed by atoms with van der Waals surface area (Å²) < 4.78 is 5.40. The topological polar surface area (TPSA) is 58.6 Å². The van der Waals surface area contributed by atoms with E-state index in [-0.39, 0.29) is 18.2 Å². The van der Waals surface area contributed by atoms with Crippen molar-refractivity contribution < 1.29 is 14.3 Å². The quantitative estimate of drug-likeness (QED) is 0.569. The van der Waals surface area contributed by atoms with E-state index in [0.29, 0.717) is 24.2 Å². The zero-order chi connectivity index (χ0) is 24.5. The molecule has 1 heterocycles. The van der Waals surface area contributed by atoms with Crippen LogP contribution in [0.15, 0.2) is 29.8 Å². The van der Waals surface area contributed by atoms with Gasteiger partial charge in [-0.15, -0.1) is 0 Å². The summed E-state index contributed by atoms with van der Waals surface area (Å²) in [6.07, 6.45) is 7.08. The average Bonchev–Trinajstić information content (AvgIpc) is 3.13. The molecule has 1 aromatic carbocycles. The first kappa shape index (κ1) is 24.8. The maximum absolute atomic E-state index is 13.5. The van der Waals surface area contributed by atoms with Crippen LogP contribution < -0.4 is 5.32 Å². The zero-order valence-corrected chi connectivity index (χ0v) is 21.7. The number of nitrogens with one attached hydrogen (secondary N) is 1. The van der Waals surface area contributed by atoms with Gasteiger partial charge in [0.05, 0.1) is 6.04 Å². The Kier molecular flexibility index (Phi) is 7.39. The fraction of sp³-hybridized carbons (Fsp3) is 0.655. The molecule has 1 fully saturated rings. The molecule has 4 rings (SSSR count). The van der Waals surface area contributed by atoms with Gasteiger partial charge in [0, 0.05) is 19.0 Å². The molecule has 0 aromatic heterocycles. The van der Waals surface area contributed by atoms with E-state index >= 15 is 0 Å². The molecule has 5 heteroatoms. The highest BCUT2D eigenvalue weighted by Crippen LogP contribution is 2.43. The van der Waals surface area contributed by atoms with Gasteiger partial charge in [-0.3, -0.25) is 4.79 Å². The van der Waals surface area contributed by atoms with Gasteiger partial charge in [0.2, 0.25) is 5.91 Å². The van der Waals surface area contributed by atoms with Crippen LogP contribution in [-0.4, -0.2) is 41.1 Å². The maximum atomic E-state index is 13.5. The van der Waals surface area contributed by atoms with Gasteiger partial charge in [-0.05, 0) is 99.8 Å². The SMILES string of the molecule is CC(C)CC1C2=C(CCN1C(=O)CC1CCC(NC(=O)OC(C)(C)C)CC1)c1ccccc1C2. The van der Waals surface area contributed by atoms with Crippen molar-refractivity contribution in [3.63, 3.8) is 0 Å². The van der Waals surface area contributed by atoms with Gasteiger partial charge in [0.25, 0.3) is 0 Å². The molecule has 1 atom stereocenters. The highest BCUT2D eigenvalue weighted by Gasteiger charge is 2.37. The van der Waals surface area contributed by atoms with Crippen molar-refractivity contribution in [1.29, 1.82) is 0 Å². The van der Waals surface area contributed by atoms with Crippen LogP contribution in [0.4, 0.5) is 4.79 Å². The summed E-state index contributed by atoms with van der Waals surface area (Å²) in [5.41, 5.74) is 5.34. The minimum absolute atomic E-state index is 0.148. The lowest BCUT2D eigenvalue weighted by atomic mass is 9.83. The van der Waals surface area contributed by atoms with E-state index in [2.05, 4.69) is 48.3 Å². The van der Waals surface area contributed by atoms with E-state index in [1.165, 1.54) is 22.3 Å². The Labute approximate surface area is 205 Å². The van der Waals surface area contributed by atoms with Gasteiger partial charge in [0.15, 0.2) is 0 Å². The predicted molar refractivity (Wildman–Crippen MR) is 136 cm³/mol. The largest absolute Gasteiger partial charge is 0.444 e. The Morgan fingerprint density at radius 3 is 2.50 bits per heavy atom. The van der Waals surface area contributed by atoms with Gasteiger partial charge >= 0.3 is 6.09 Å². The van der Waals surface area contributed by atoms with Crippen LogP contribution >= 0.6 is 0 Å². The predicted octanol–water partition coefficient (Wildman–Crippen LogP) is 6.12. The van der Waals surface area contributed by atoms with Crippen LogP contribution in [0.5, 0.6) is 0 Å². The van der Waals surface area contributed by atoms with Gasteiger partial charge < -0.3 is 15.0 Å². The third kappa shape index (κ3) is 5.84. The van der Waals surface area contributed by atoms with Gasteiger partial charge in [-0.25, -0.2) is 4.79 Å². The molecule has 0 saturated heterocycles. The number of amides is 2. The molecule has 1 N–H and O–H groups in total. The smallest absolute Gasteiger partial charge is 0.407 e. The second-order valence-electron chi connectivity index (χ2n) is 11.9. The summed E-state index contributed by atoms with van der Waals surface area (Å²) in [4.78, 5) is 27.8. The van der Waals surface area contributed by atoms with Crippen LogP contribution in [0.3, 0.4) is 0 Å². The molecule has 1 aliphatic heterocycles. The number of rotatable bonds is 5. The van der Waals surface area contributed by atoms with E-state index in [0.717, 1.165) is 51.5 Å². The van der Waals surface area contributed by atoms with Crippen molar-refractivity contribution >= 4 is 17.6 Å². The van der Waals surface area contributed by atoms with Crippen LogP contribution in [0, 0.1) is 11.8 Å². The minimum Gasteiger partial charge on any atom is -0.444 e. The number of hydrogen-bond acceptors (Lipinski definition) is 3. The van der Waals surface area contributed by atoms with Crippen molar-refractivity contribution in [3.8, 4) is 0 Å². The average molecular weight is 467 g/mol. The van der Waals surface area contributed by atoms with Crippen molar-refractivity contribution in [3.05, 3.63) is 41.0 Å². The number of benzene rings is 1. The summed E-state index contributed by atoms with van der Waals surface area (Å²) in [6.45, 7) is 11.0. The fourth-order valence-corrected chi connectivity index (χ4v) is 6.01. The number of ether oxygens (including phenoxy) is 1. The summed E-state index contributed by atoms with van der Waals surface area (Å²) in [7, 11) is 0. The Bertz CT molecular complexity index is 935. The normalized spacial score (nSPS) is 24.6. The third-order valence-corrected chi connectivity index (χ3v) is 7.54. The van der Waals surface area contributed by atoms with Crippen molar-refractivity contribution in [2.75, 3.05) is 6.54 Å². The lowest BCUT2D eigenvalue weighted by Gasteiger charge is -2.39. The first-order valence-corrected chi connectivity index (χ1v) is 13.2. The first-order chi connectivity index (χ1) is 16.1. The monoisotopic (exact) mass is 466 g/mol. The molecular formula is C29H42N2O3. The molecule has 5 nitrogen and oxygen atoms in total. The van der Waals surface area contributed by atoms with Crippen LogP contribution in [0.1, 0.15) is 90.7 Å². The molecule has 3 aliphatic rings. The second kappa shape index (κ2) is 10.1. The number of hydrogen-bond donors (Lipinski definition) is 1. The number of nitrogens with zero attached hydrogens (tertiary/aromatic N) is 1. The number of fused-ring (bicyclic) bond motifs is 2. The highest BCUT2D eigenvalue weighted by atomic mass is 16.6. The van der Waals surface area contributed by atoms with E-state index in [9.17, 15) is 9.59 Å². The van der Waals surface area contributed by atoms with Crippen molar-refractivity contribution in [2.24, 2.45) is 11.8 Å². The summed E-state index contributed by atoms with van der Waals surface area (Å²) in [6, 6.07) is 9.15. The fourth-order valence-electron chi connectivity index (χ4n) is 6.01. The molecule has 2 aliphatic carbocycles. The van der Waals surface area contributed by atoms with Gasteiger partial charge in [-0.2, -0.15) is 0 Å². The summed E-state index contributed by atoms with van der Waals surface area (Å²) in [5.74, 6) is 1.27. The highest BCUT2D eigenvalue weighted by molar-refractivity contribution is 5.83. The molecular weight excluding hydrogens is 424 g/mol. The first-order valence-electron chi connectivity index (χ1n) is 13.2. The van der Waals surface area contributed by atoms with Gasteiger partial charge in [0.1, 0.15) is 5.60 Å². The molecule has 1 aromatic rings. The van der Waals surface area contributed by atoms with Crippen LogP contribution in [0.25, 0.3) is 5.57 Å². The standard InChI is InChI=1S/C29H42N2O3/c1-19(2)16-26-25-18-21-8-6-7-9-23(21)24(25)14-15-31(26)27(32)17-20-10-12-22(13-11-20)30-28(33)34-29(3,4)5/h6-9,19-20,22,26H,10-18H2,1-5H3,(H,30,33). The lowest BCUT2D eigenvalue weighted by Crippen LogP contribution is -2.46. The molecule has 1 unspecified atom stereocenters. The molecule has 0 spiro atoms. The molecule has 0 radical (unpaired) electrons. The summed E-state index contributed by atoms with van der Waals surface area (Å²) in [5, 5.41) is 3.01. The molecule has 186 valence electrons. The van der Waals surface area contributed by atoms with Crippen molar-refractivity contribution in [2.45, 2.75) is 104 Å². The Balaban J connectivity index is 1.35. The van der Waals surface area contributed by atoms with Crippen LogP contribution in [-0.2, 0) is 16.0 Å². The number of carbonyl (C=O) groups is 2. The third-order valence-electron chi connectivity index (χ3n) is 7.54. The van der Waals surface area contributed by atoms with E-state index in [1.807, 2.05) is 20.8 Å². The Morgan fingerprint density at radius 1 is 1.12 bits per heavy atom. The van der Waals surface area contributed by atoms with E-state index in [1.54, 1.807) is 0 Å². The molecule has 0 bridgehead atoms. The Morgan fingerprint density at radius 2 is 1.82 bits per heavy atom. The number of alkyl carbamates (subject to hydrolysis) is 1. The Hall–Kier alpha value is -2.30. The minimum atomic E-state index is -0.481. The van der Waals surface area contributed by atoms with Gasteiger partial charge in [-0.1, -0.05) is 38.1 Å². The van der Waals surface area contributed by atoms with E-state index in [4.69, 9.17) is 4.74 Å². The maximum Gasteiger partial charge on any atom is 0.407 e. The van der Waals surface area contributed by atoms with E-state index < -0.39 is 5.60 Å². The molecule has 34 heavy (non-hydrogen) atoms. The molecule has 1 saturated carbocycles. The van der Waals surface area contributed by atoms with Crippen molar-refractivity contribution in [1.82, 2.24) is 10.2 Å². The lowest BCUT2D eigenvalue weighted by molar-refractivity contribution is -0.134. The van der Waals surface area contributed by atoms with Crippen LogP contribution in [0.2, 0.25) is 0 Å². The zero-order valence-electron chi connectivity index (χ0n) is 21.7.